The normalized spacial score (nSPS) is 21.7. The zero-order chi connectivity index (χ0) is 19.8. The van der Waals surface area contributed by atoms with Crippen LogP contribution in [0.4, 0.5) is 0 Å². The highest BCUT2D eigenvalue weighted by molar-refractivity contribution is 5.94. The van der Waals surface area contributed by atoms with Crippen LogP contribution in [0.3, 0.4) is 0 Å². The molecule has 9 heteroatoms. The van der Waals surface area contributed by atoms with Crippen LogP contribution in [0.1, 0.15) is 35.3 Å². The molecule has 0 aliphatic carbocycles. The number of aliphatic hydroxyl groups excluding tert-OH is 1. The van der Waals surface area contributed by atoms with Crippen molar-refractivity contribution in [3.05, 3.63) is 54.4 Å². The first kappa shape index (κ1) is 19.8. The third-order valence-electron chi connectivity index (χ3n) is 4.58. The fourth-order valence-electron chi connectivity index (χ4n) is 3.09. The molecule has 1 aliphatic rings. The molecule has 148 valence electrons. The van der Waals surface area contributed by atoms with Gasteiger partial charge in [-0.25, -0.2) is 9.97 Å². The van der Waals surface area contributed by atoms with E-state index in [1.54, 1.807) is 36.8 Å². The second-order valence-electron chi connectivity index (χ2n) is 6.55. The zero-order valence-electron chi connectivity index (χ0n) is 15.3. The summed E-state index contributed by atoms with van der Waals surface area (Å²) in [5, 5.41) is 15.3. The monoisotopic (exact) mass is 385 g/mol. The Morgan fingerprint density at radius 3 is 2.64 bits per heavy atom. The molecular weight excluding hydrogens is 362 g/mol. The van der Waals surface area contributed by atoms with Crippen LogP contribution in [0.2, 0.25) is 0 Å². The number of amides is 2. The van der Waals surface area contributed by atoms with Gasteiger partial charge in [0.15, 0.2) is 0 Å². The third kappa shape index (κ3) is 5.54. The van der Waals surface area contributed by atoms with Crippen LogP contribution in [0.25, 0.3) is 0 Å². The quantitative estimate of drug-likeness (QED) is 0.622. The third-order valence-corrected chi connectivity index (χ3v) is 4.58. The number of aromatic nitrogens is 3. The Labute approximate surface area is 162 Å². The lowest BCUT2D eigenvalue weighted by atomic mass is 9.96. The Kier molecular flexibility index (Phi) is 6.99. The van der Waals surface area contributed by atoms with Crippen molar-refractivity contribution in [2.24, 2.45) is 0 Å². The molecule has 3 N–H and O–H groups in total. The van der Waals surface area contributed by atoms with Gasteiger partial charge in [-0.1, -0.05) is 0 Å². The van der Waals surface area contributed by atoms with E-state index in [4.69, 9.17) is 4.74 Å². The average molecular weight is 385 g/mol. The highest BCUT2D eigenvalue weighted by atomic mass is 16.5. The number of nitrogens with zero attached hydrogens (tertiary/aromatic N) is 3. The number of ether oxygens (including phenoxy) is 1. The first-order chi connectivity index (χ1) is 13.7. The van der Waals surface area contributed by atoms with Gasteiger partial charge < -0.3 is 20.5 Å². The fourth-order valence-corrected chi connectivity index (χ4v) is 3.09. The van der Waals surface area contributed by atoms with Crippen molar-refractivity contribution in [2.75, 3.05) is 6.61 Å². The van der Waals surface area contributed by atoms with Gasteiger partial charge in [0.25, 0.3) is 5.91 Å². The molecule has 0 unspecified atom stereocenters. The molecule has 2 aromatic heterocycles. The molecule has 3 heterocycles. The van der Waals surface area contributed by atoms with Crippen molar-refractivity contribution < 1.29 is 19.4 Å². The molecule has 0 spiro atoms. The molecule has 28 heavy (non-hydrogen) atoms. The molecular formula is C19H23N5O4. The number of hydrogen-bond acceptors (Lipinski definition) is 7. The average Bonchev–Trinajstić information content (AvgIpc) is 2.74. The lowest BCUT2D eigenvalue weighted by molar-refractivity contribution is -0.131. The van der Waals surface area contributed by atoms with Crippen molar-refractivity contribution in [1.29, 1.82) is 0 Å². The number of carbonyl (C=O) groups excluding carboxylic acids is 2. The first-order valence-electron chi connectivity index (χ1n) is 9.14. The summed E-state index contributed by atoms with van der Waals surface area (Å²) in [5.74, 6) is -0.393. The van der Waals surface area contributed by atoms with Gasteiger partial charge in [0, 0.05) is 24.2 Å². The van der Waals surface area contributed by atoms with Gasteiger partial charge in [-0.15, -0.1) is 0 Å². The Hall–Kier alpha value is -2.91. The molecule has 1 saturated heterocycles. The van der Waals surface area contributed by atoms with E-state index in [9.17, 15) is 14.7 Å². The van der Waals surface area contributed by atoms with Crippen LogP contribution in [-0.4, -0.2) is 56.7 Å². The fraction of sp³-hybridized carbons (Fsp3) is 0.421. The smallest absolute Gasteiger partial charge is 0.251 e. The van der Waals surface area contributed by atoms with E-state index in [2.05, 4.69) is 25.6 Å². The Bertz CT molecular complexity index is 774. The lowest BCUT2D eigenvalue weighted by Gasteiger charge is -2.36. The predicted octanol–water partition coefficient (Wildman–Crippen LogP) is 0.216. The number of nitrogens with one attached hydrogen (secondary N) is 2. The molecule has 0 saturated carbocycles. The first-order valence-corrected chi connectivity index (χ1v) is 9.14. The highest BCUT2D eigenvalue weighted by Gasteiger charge is 2.33. The van der Waals surface area contributed by atoms with Crippen LogP contribution in [-0.2, 0) is 16.1 Å². The molecule has 3 rings (SSSR count). The van der Waals surface area contributed by atoms with E-state index in [1.807, 2.05) is 0 Å². The van der Waals surface area contributed by atoms with Crippen molar-refractivity contribution in [1.82, 2.24) is 25.6 Å². The van der Waals surface area contributed by atoms with Crippen molar-refractivity contribution in [3.8, 4) is 0 Å². The van der Waals surface area contributed by atoms with Gasteiger partial charge in [0.2, 0.25) is 5.91 Å². The maximum absolute atomic E-state index is 12.3. The summed E-state index contributed by atoms with van der Waals surface area (Å²) in [5.41, 5.74) is 1.22. The maximum atomic E-state index is 12.3. The minimum Gasteiger partial charge on any atom is -0.394 e. The van der Waals surface area contributed by atoms with Gasteiger partial charge >= 0.3 is 0 Å². The standard InChI is InChI=1S/C19H23N5O4/c25-11-17-16(24-19(27)13-3-6-20-7-4-13)2-1-15(28-17)9-18(26)22-10-14-5-8-21-12-23-14/h3-8,12,15-17,25H,1-2,9-11H2,(H,22,26)(H,24,27)/t15-,16+,17+/m1/s1. The van der Waals surface area contributed by atoms with Crippen molar-refractivity contribution >= 4 is 11.8 Å². The second-order valence-corrected chi connectivity index (χ2v) is 6.55. The Balaban J connectivity index is 1.47. The molecule has 3 atom stereocenters. The number of pyridine rings is 1. The van der Waals surface area contributed by atoms with E-state index < -0.39 is 6.10 Å². The SMILES string of the molecule is O=C(C[C@H]1CC[C@H](NC(=O)c2ccncc2)[C@H](CO)O1)NCc1ccncn1. The molecule has 0 aromatic carbocycles. The van der Waals surface area contributed by atoms with E-state index >= 15 is 0 Å². The number of hydrogen-bond donors (Lipinski definition) is 3. The van der Waals surface area contributed by atoms with Gasteiger partial charge in [-0.3, -0.25) is 14.6 Å². The van der Waals surface area contributed by atoms with Crippen LogP contribution >= 0.6 is 0 Å². The van der Waals surface area contributed by atoms with Crippen LogP contribution in [0.15, 0.2) is 43.1 Å². The van der Waals surface area contributed by atoms with Gasteiger partial charge in [-0.05, 0) is 31.0 Å². The predicted molar refractivity (Wildman–Crippen MR) is 99.0 cm³/mol. The van der Waals surface area contributed by atoms with Gasteiger partial charge in [-0.2, -0.15) is 0 Å². The van der Waals surface area contributed by atoms with Crippen molar-refractivity contribution in [3.63, 3.8) is 0 Å². The number of carbonyl (C=O) groups is 2. The summed E-state index contributed by atoms with van der Waals surface area (Å²) in [6, 6.07) is 4.66. The Morgan fingerprint density at radius 1 is 1.14 bits per heavy atom. The minimum atomic E-state index is -0.556. The van der Waals surface area contributed by atoms with Gasteiger partial charge in [0.1, 0.15) is 12.4 Å². The van der Waals surface area contributed by atoms with Crippen LogP contribution < -0.4 is 10.6 Å². The highest BCUT2D eigenvalue weighted by Crippen LogP contribution is 2.22. The Morgan fingerprint density at radius 2 is 1.93 bits per heavy atom. The second kappa shape index (κ2) is 9.86. The molecule has 1 fully saturated rings. The number of aliphatic hydroxyl groups is 1. The summed E-state index contributed by atoms with van der Waals surface area (Å²) in [7, 11) is 0. The van der Waals surface area contributed by atoms with Crippen LogP contribution in [0, 0.1) is 0 Å². The summed E-state index contributed by atoms with van der Waals surface area (Å²) in [6.45, 7) is 0.0858. The molecule has 1 aliphatic heterocycles. The van der Waals surface area contributed by atoms with E-state index in [0.29, 0.717) is 24.9 Å². The topological polar surface area (TPSA) is 126 Å². The molecule has 9 nitrogen and oxygen atoms in total. The molecule has 2 amide bonds. The molecule has 2 aromatic rings. The summed E-state index contributed by atoms with van der Waals surface area (Å²) in [6.07, 6.45) is 6.69. The maximum Gasteiger partial charge on any atom is 0.251 e. The molecule has 0 bridgehead atoms. The van der Waals surface area contributed by atoms with E-state index in [1.165, 1.54) is 6.33 Å². The summed E-state index contributed by atoms with van der Waals surface area (Å²) < 4.78 is 5.84. The van der Waals surface area contributed by atoms with E-state index in [0.717, 1.165) is 5.69 Å². The minimum absolute atomic E-state index is 0.153. The number of rotatable bonds is 7. The summed E-state index contributed by atoms with van der Waals surface area (Å²) in [4.78, 5) is 36.2. The summed E-state index contributed by atoms with van der Waals surface area (Å²) >= 11 is 0. The van der Waals surface area contributed by atoms with E-state index in [-0.39, 0.29) is 37.0 Å². The lowest BCUT2D eigenvalue weighted by Crippen LogP contribution is -2.51. The molecule has 0 radical (unpaired) electrons. The van der Waals surface area contributed by atoms with Gasteiger partial charge in [0.05, 0.1) is 37.4 Å². The van der Waals surface area contributed by atoms with Crippen LogP contribution in [0.5, 0.6) is 0 Å². The largest absolute Gasteiger partial charge is 0.394 e. The van der Waals surface area contributed by atoms with Crippen molar-refractivity contribution in [2.45, 2.75) is 44.1 Å². The zero-order valence-corrected chi connectivity index (χ0v) is 15.3.